The van der Waals surface area contributed by atoms with E-state index in [1.165, 1.54) is 18.7 Å². The molecule has 3 aromatic rings. The highest BCUT2D eigenvalue weighted by Crippen LogP contribution is 2.46. The van der Waals surface area contributed by atoms with Gasteiger partial charge >= 0.3 is 5.97 Å². The first-order chi connectivity index (χ1) is 19.3. The number of fused-ring (bicyclic) bond motifs is 1. The number of likely N-dealkylation sites (N-methyl/N-ethyl adjacent to an activating group) is 1. The molecule has 1 heterocycles. The molecule has 8 nitrogen and oxygen atoms in total. The average molecular weight is 565 g/mol. The van der Waals surface area contributed by atoms with Crippen LogP contribution in [-0.2, 0) is 20.7 Å². The molecule has 1 amide bonds. The highest BCUT2D eigenvalue weighted by molar-refractivity contribution is 7.99. The Bertz CT molecular complexity index is 1320. The molecule has 0 N–H and O–H groups in total. The summed E-state index contributed by atoms with van der Waals surface area (Å²) in [6.07, 6.45) is -0.160. The van der Waals surface area contributed by atoms with Crippen molar-refractivity contribution in [1.29, 1.82) is 0 Å². The first-order valence-corrected chi connectivity index (χ1v) is 14.0. The largest absolute Gasteiger partial charge is 0.497 e. The van der Waals surface area contributed by atoms with Crippen LogP contribution in [0.5, 0.6) is 17.2 Å². The number of thioether (sulfide) groups is 1. The van der Waals surface area contributed by atoms with Crippen LogP contribution in [0, 0.1) is 0 Å². The molecule has 0 saturated heterocycles. The van der Waals surface area contributed by atoms with Gasteiger partial charge in [0.05, 0.1) is 32.3 Å². The zero-order chi connectivity index (χ0) is 28.6. The van der Waals surface area contributed by atoms with E-state index in [-0.39, 0.29) is 5.91 Å². The van der Waals surface area contributed by atoms with E-state index in [4.69, 9.17) is 18.9 Å². The summed E-state index contributed by atoms with van der Waals surface area (Å²) in [7, 11) is 6.90. The molecule has 40 heavy (non-hydrogen) atoms. The van der Waals surface area contributed by atoms with Crippen molar-refractivity contribution < 1.29 is 28.5 Å². The van der Waals surface area contributed by atoms with Crippen molar-refractivity contribution in [3.8, 4) is 17.2 Å². The Kier molecular flexibility index (Phi) is 9.95. The van der Waals surface area contributed by atoms with Gasteiger partial charge in [0.2, 0.25) is 0 Å². The van der Waals surface area contributed by atoms with E-state index >= 15 is 0 Å². The Balaban J connectivity index is 1.53. The number of rotatable bonds is 11. The Hall–Kier alpha value is -3.69. The maximum Gasteiger partial charge on any atom is 0.303 e. The van der Waals surface area contributed by atoms with E-state index in [9.17, 15) is 9.59 Å². The van der Waals surface area contributed by atoms with Crippen LogP contribution in [0.3, 0.4) is 0 Å². The zero-order valence-corrected chi connectivity index (χ0v) is 24.4. The molecule has 0 saturated carbocycles. The Morgan fingerprint density at radius 3 is 2.33 bits per heavy atom. The first-order valence-electron chi connectivity index (χ1n) is 13.1. The number of anilines is 1. The first kappa shape index (κ1) is 29.3. The van der Waals surface area contributed by atoms with Crippen LogP contribution in [0.4, 0.5) is 5.69 Å². The molecule has 3 aromatic carbocycles. The smallest absolute Gasteiger partial charge is 0.303 e. The van der Waals surface area contributed by atoms with E-state index in [1.807, 2.05) is 73.8 Å². The predicted octanol–water partition coefficient (Wildman–Crippen LogP) is 5.00. The van der Waals surface area contributed by atoms with Crippen LogP contribution in [0.25, 0.3) is 0 Å². The topological polar surface area (TPSA) is 77.5 Å². The van der Waals surface area contributed by atoms with Gasteiger partial charge in [-0.15, -0.1) is 11.8 Å². The van der Waals surface area contributed by atoms with Crippen molar-refractivity contribution in [1.82, 2.24) is 4.90 Å². The van der Waals surface area contributed by atoms with Gasteiger partial charge in [-0.25, -0.2) is 0 Å². The third-order valence-electron chi connectivity index (χ3n) is 6.87. The molecule has 0 radical (unpaired) electrons. The fraction of sp³-hybridized carbons (Fsp3) is 0.355. The van der Waals surface area contributed by atoms with Crippen LogP contribution in [0.2, 0.25) is 0 Å². The van der Waals surface area contributed by atoms with Gasteiger partial charge in [0.25, 0.3) is 5.91 Å². The van der Waals surface area contributed by atoms with Gasteiger partial charge in [0.1, 0.15) is 5.75 Å². The number of hydrogen-bond donors (Lipinski definition) is 0. The SMILES string of the molecule is COc1ccc(C2Sc3ccccc3N(CCN(C)CCc3ccc(OC)c(OC)c3)C(=O)C2OC(C)=O)cc1. The molecule has 0 spiro atoms. The van der Waals surface area contributed by atoms with Gasteiger partial charge in [-0.2, -0.15) is 0 Å². The van der Waals surface area contributed by atoms with Gasteiger partial charge in [0, 0.05) is 31.5 Å². The third kappa shape index (κ3) is 6.89. The van der Waals surface area contributed by atoms with Crippen molar-refractivity contribution >= 4 is 29.3 Å². The molecular formula is C31H36N2O6S. The molecule has 2 unspecified atom stereocenters. The number of hydrogen-bond acceptors (Lipinski definition) is 8. The van der Waals surface area contributed by atoms with E-state index in [2.05, 4.69) is 4.90 Å². The predicted molar refractivity (Wildman–Crippen MR) is 157 cm³/mol. The van der Waals surface area contributed by atoms with Crippen molar-refractivity contribution in [3.63, 3.8) is 0 Å². The number of esters is 1. The summed E-state index contributed by atoms with van der Waals surface area (Å²) in [6, 6.07) is 21.3. The summed E-state index contributed by atoms with van der Waals surface area (Å²) in [4.78, 5) is 31.1. The molecule has 212 valence electrons. The average Bonchev–Trinajstić information content (AvgIpc) is 3.08. The van der Waals surface area contributed by atoms with Crippen LogP contribution in [0.1, 0.15) is 23.3 Å². The number of ether oxygens (including phenoxy) is 4. The van der Waals surface area contributed by atoms with Crippen LogP contribution in [0.15, 0.2) is 71.6 Å². The molecule has 4 rings (SSSR count). The van der Waals surface area contributed by atoms with Crippen LogP contribution in [-0.4, -0.2) is 70.9 Å². The molecule has 9 heteroatoms. The Morgan fingerprint density at radius 2 is 1.65 bits per heavy atom. The fourth-order valence-corrected chi connectivity index (χ4v) is 6.00. The van der Waals surface area contributed by atoms with E-state index in [0.717, 1.165) is 40.4 Å². The lowest BCUT2D eigenvalue weighted by Gasteiger charge is -2.29. The van der Waals surface area contributed by atoms with Crippen molar-refractivity contribution in [3.05, 3.63) is 77.9 Å². The van der Waals surface area contributed by atoms with Crippen LogP contribution >= 0.6 is 11.8 Å². The molecule has 0 aliphatic carbocycles. The summed E-state index contributed by atoms with van der Waals surface area (Å²) >= 11 is 1.53. The molecular weight excluding hydrogens is 528 g/mol. The normalized spacial score (nSPS) is 16.8. The summed E-state index contributed by atoms with van der Waals surface area (Å²) < 4.78 is 21.8. The summed E-state index contributed by atoms with van der Waals surface area (Å²) in [6.45, 7) is 3.22. The monoisotopic (exact) mass is 564 g/mol. The minimum atomic E-state index is -0.972. The Morgan fingerprint density at radius 1 is 0.925 bits per heavy atom. The standard InChI is InChI=1S/C31H36N2O6S/c1-21(34)39-29-30(23-11-13-24(36-3)14-12-23)40-28-9-7-6-8-25(28)33(31(29)35)19-18-32(2)17-16-22-10-15-26(37-4)27(20-22)38-5/h6-15,20,29-30H,16-19H2,1-5H3. The van der Waals surface area contributed by atoms with E-state index in [1.54, 1.807) is 26.2 Å². The fourth-order valence-electron chi connectivity index (χ4n) is 4.68. The quantitative estimate of drug-likeness (QED) is 0.301. The lowest BCUT2D eigenvalue weighted by Crippen LogP contribution is -2.45. The lowest BCUT2D eigenvalue weighted by molar-refractivity contribution is -0.152. The minimum Gasteiger partial charge on any atom is -0.497 e. The van der Waals surface area contributed by atoms with Crippen LogP contribution < -0.4 is 19.1 Å². The maximum atomic E-state index is 14.0. The lowest BCUT2D eigenvalue weighted by atomic mass is 10.1. The second kappa shape index (κ2) is 13.6. The molecule has 0 aromatic heterocycles. The second-order valence-electron chi connectivity index (χ2n) is 9.54. The maximum absolute atomic E-state index is 14.0. The molecule has 1 aliphatic rings. The number of amides is 1. The second-order valence-corrected chi connectivity index (χ2v) is 10.7. The molecule has 2 atom stereocenters. The van der Waals surface area contributed by atoms with Crippen molar-refractivity contribution in [2.75, 3.05) is 52.9 Å². The van der Waals surface area contributed by atoms with Gasteiger partial charge in [-0.05, 0) is 61.0 Å². The highest BCUT2D eigenvalue weighted by Gasteiger charge is 2.40. The molecule has 0 fully saturated rings. The Labute approximate surface area is 240 Å². The van der Waals surface area contributed by atoms with Crippen molar-refractivity contribution in [2.45, 2.75) is 29.6 Å². The van der Waals surface area contributed by atoms with Gasteiger partial charge < -0.3 is 28.7 Å². The summed E-state index contributed by atoms with van der Waals surface area (Å²) in [5.74, 6) is 1.40. The van der Waals surface area contributed by atoms with Gasteiger partial charge in [-0.1, -0.05) is 30.3 Å². The third-order valence-corrected chi connectivity index (χ3v) is 8.24. The summed E-state index contributed by atoms with van der Waals surface area (Å²) in [5, 5.41) is -0.406. The zero-order valence-electron chi connectivity index (χ0n) is 23.6. The highest BCUT2D eigenvalue weighted by atomic mass is 32.2. The van der Waals surface area contributed by atoms with Crippen molar-refractivity contribution in [2.24, 2.45) is 0 Å². The number of para-hydroxylation sites is 1. The number of carbonyl (C=O) groups excluding carboxylic acids is 2. The molecule has 0 bridgehead atoms. The number of benzene rings is 3. The molecule has 1 aliphatic heterocycles. The van der Waals surface area contributed by atoms with E-state index < -0.39 is 17.3 Å². The van der Waals surface area contributed by atoms with Gasteiger partial charge in [0.15, 0.2) is 17.6 Å². The van der Waals surface area contributed by atoms with E-state index in [0.29, 0.717) is 24.6 Å². The summed E-state index contributed by atoms with van der Waals surface area (Å²) in [5.41, 5.74) is 2.84. The number of methoxy groups -OCH3 is 3. The minimum absolute atomic E-state index is 0.234. The number of carbonyl (C=O) groups is 2. The number of nitrogens with zero attached hydrogens (tertiary/aromatic N) is 2. The van der Waals surface area contributed by atoms with Gasteiger partial charge in [-0.3, -0.25) is 9.59 Å².